The summed E-state index contributed by atoms with van der Waals surface area (Å²) in [6.07, 6.45) is 5.13. The second kappa shape index (κ2) is 6.33. The number of alkyl halides is 2. The summed E-state index contributed by atoms with van der Waals surface area (Å²) in [6, 6.07) is 9.72. The summed E-state index contributed by atoms with van der Waals surface area (Å²) in [5, 5.41) is 0. The molecule has 2 nitrogen and oxygen atoms in total. The molecule has 1 fully saturated rings. The number of nitrogens with zero attached hydrogens (tertiary/aromatic N) is 1. The second-order valence-corrected chi connectivity index (χ2v) is 7.93. The van der Waals surface area contributed by atoms with Crippen molar-refractivity contribution < 1.29 is 4.79 Å². The minimum atomic E-state index is -1.32. The van der Waals surface area contributed by atoms with Crippen LogP contribution in [0.15, 0.2) is 54.1 Å². The van der Waals surface area contributed by atoms with Gasteiger partial charge in [0.05, 0.1) is 6.04 Å². The number of benzene rings is 1. The SMILES string of the molecule is C=C(C)[C@@H]1CC=C(C2N(Cc3ccccc3)C(=O)C2(Cl)Cl)CC1. The van der Waals surface area contributed by atoms with E-state index in [-0.39, 0.29) is 11.9 Å². The molecule has 1 aliphatic heterocycles. The lowest BCUT2D eigenvalue weighted by Gasteiger charge is -2.51. The van der Waals surface area contributed by atoms with Gasteiger partial charge in [0, 0.05) is 6.54 Å². The van der Waals surface area contributed by atoms with Crippen molar-refractivity contribution in [2.75, 3.05) is 0 Å². The molecule has 1 unspecified atom stereocenters. The van der Waals surface area contributed by atoms with Gasteiger partial charge in [-0.3, -0.25) is 4.79 Å². The Bertz CT molecular complexity index is 651. The van der Waals surface area contributed by atoms with E-state index >= 15 is 0 Å². The zero-order chi connectivity index (χ0) is 16.6. The van der Waals surface area contributed by atoms with Gasteiger partial charge in [-0.1, -0.05) is 71.8 Å². The summed E-state index contributed by atoms with van der Waals surface area (Å²) in [7, 11) is 0. The van der Waals surface area contributed by atoms with Crippen molar-refractivity contribution in [2.45, 2.75) is 43.1 Å². The van der Waals surface area contributed by atoms with Gasteiger partial charge < -0.3 is 4.90 Å². The van der Waals surface area contributed by atoms with Crippen molar-refractivity contribution in [3.8, 4) is 0 Å². The van der Waals surface area contributed by atoms with Crippen LogP contribution in [0.1, 0.15) is 31.7 Å². The second-order valence-electron chi connectivity index (χ2n) is 6.54. The average molecular weight is 350 g/mol. The third-order valence-electron chi connectivity index (χ3n) is 4.89. The summed E-state index contributed by atoms with van der Waals surface area (Å²) in [5.74, 6) is 0.328. The predicted octanol–water partition coefficient (Wildman–Crippen LogP) is 4.87. The van der Waals surface area contributed by atoms with Gasteiger partial charge in [0.1, 0.15) is 0 Å². The van der Waals surface area contributed by atoms with Crippen LogP contribution < -0.4 is 0 Å². The molecule has 1 heterocycles. The molecule has 0 spiro atoms. The van der Waals surface area contributed by atoms with Gasteiger partial charge in [0.2, 0.25) is 4.33 Å². The number of amides is 1. The van der Waals surface area contributed by atoms with Crippen molar-refractivity contribution in [1.29, 1.82) is 0 Å². The Morgan fingerprint density at radius 3 is 2.61 bits per heavy atom. The molecule has 23 heavy (non-hydrogen) atoms. The first-order chi connectivity index (χ1) is 10.9. The molecule has 1 aromatic rings. The lowest BCUT2D eigenvalue weighted by molar-refractivity contribution is -0.146. The van der Waals surface area contributed by atoms with Crippen molar-refractivity contribution in [3.05, 3.63) is 59.7 Å². The van der Waals surface area contributed by atoms with E-state index in [1.54, 1.807) is 4.90 Å². The van der Waals surface area contributed by atoms with Crippen molar-refractivity contribution in [2.24, 2.45) is 5.92 Å². The third-order valence-corrected chi connectivity index (χ3v) is 5.63. The van der Waals surface area contributed by atoms with Crippen LogP contribution in [0.4, 0.5) is 0 Å². The van der Waals surface area contributed by atoms with E-state index in [0.717, 1.165) is 24.8 Å². The van der Waals surface area contributed by atoms with Gasteiger partial charge in [-0.2, -0.15) is 0 Å². The number of halogens is 2. The Balaban J connectivity index is 1.78. The number of rotatable bonds is 4. The van der Waals surface area contributed by atoms with Gasteiger partial charge >= 0.3 is 0 Å². The highest BCUT2D eigenvalue weighted by Crippen LogP contribution is 2.47. The molecule has 2 atom stereocenters. The molecule has 1 amide bonds. The maximum atomic E-state index is 12.3. The molecule has 0 radical (unpaired) electrons. The van der Waals surface area contributed by atoms with Crippen molar-refractivity contribution in [3.63, 3.8) is 0 Å². The van der Waals surface area contributed by atoms with E-state index in [0.29, 0.717) is 12.5 Å². The molecule has 0 aromatic heterocycles. The summed E-state index contributed by atoms with van der Waals surface area (Å²) in [4.78, 5) is 14.1. The lowest BCUT2D eigenvalue weighted by Crippen LogP contribution is -2.68. The molecular formula is C19H21Cl2NO. The number of allylic oxidation sites excluding steroid dienone is 2. The topological polar surface area (TPSA) is 20.3 Å². The Labute approximate surface area is 147 Å². The monoisotopic (exact) mass is 349 g/mol. The minimum absolute atomic E-state index is 0.197. The van der Waals surface area contributed by atoms with E-state index in [1.165, 1.54) is 11.1 Å². The van der Waals surface area contributed by atoms with Crippen LogP contribution in [0, 0.1) is 5.92 Å². The van der Waals surface area contributed by atoms with E-state index in [1.807, 2.05) is 30.3 Å². The van der Waals surface area contributed by atoms with Crippen LogP contribution in [-0.4, -0.2) is 21.2 Å². The largest absolute Gasteiger partial charge is 0.325 e. The quantitative estimate of drug-likeness (QED) is 0.431. The van der Waals surface area contributed by atoms with Crippen LogP contribution >= 0.6 is 23.2 Å². The van der Waals surface area contributed by atoms with Crippen molar-refractivity contribution in [1.82, 2.24) is 4.90 Å². The molecule has 0 N–H and O–H groups in total. The molecule has 1 aliphatic carbocycles. The molecule has 122 valence electrons. The first kappa shape index (κ1) is 16.6. The molecule has 3 rings (SSSR count). The zero-order valence-corrected chi connectivity index (χ0v) is 14.8. The summed E-state index contributed by atoms with van der Waals surface area (Å²) in [6.45, 7) is 6.67. The fraction of sp³-hybridized carbons (Fsp3) is 0.421. The smallest absolute Gasteiger partial charge is 0.262 e. The number of carbonyl (C=O) groups excluding carboxylic acids is 1. The first-order valence-corrected chi connectivity index (χ1v) is 8.74. The van der Waals surface area contributed by atoms with Gasteiger partial charge in [-0.05, 0) is 43.2 Å². The number of hydrogen-bond donors (Lipinski definition) is 0. The van der Waals surface area contributed by atoms with Gasteiger partial charge in [0.25, 0.3) is 5.91 Å². The highest BCUT2D eigenvalue weighted by Gasteiger charge is 2.60. The van der Waals surface area contributed by atoms with E-state index in [2.05, 4.69) is 19.6 Å². The molecule has 0 bridgehead atoms. The summed E-state index contributed by atoms with van der Waals surface area (Å²) >= 11 is 12.7. The fourth-order valence-corrected chi connectivity index (χ4v) is 4.21. The maximum Gasteiger partial charge on any atom is 0.262 e. The molecule has 4 heteroatoms. The maximum absolute atomic E-state index is 12.3. The molecule has 1 aromatic carbocycles. The molecular weight excluding hydrogens is 329 g/mol. The Hall–Kier alpha value is -1.25. The van der Waals surface area contributed by atoms with Gasteiger partial charge in [-0.15, -0.1) is 0 Å². The standard InChI is InChI=1S/C19H21Cl2NO/c1-13(2)15-8-10-16(11-9-15)17-19(20,21)18(23)22(17)12-14-6-4-3-5-7-14/h3-7,10,15,17H,1,8-9,11-12H2,2H3/t15-,17?/m1/s1. The van der Waals surface area contributed by atoms with E-state index in [4.69, 9.17) is 23.2 Å². The molecule has 1 saturated heterocycles. The fourth-order valence-electron chi connectivity index (χ4n) is 3.48. The normalized spacial score (nSPS) is 26.5. The molecule has 2 aliphatic rings. The Morgan fingerprint density at radius 2 is 2.04 bits per heavy atom. The average Bonchev–Trinajstić information content (AvgIpc) is 2.55. The number of likely N-dealkylation sites (tertiary alicyclic amines) is 1. The highest BCUT2D eigenvalue weighted by atomic mass is 35.5. The number of β-lactam (4-membered cyclic amide) rings is 1. The summed E-state index contributed by atoms with van der Waals surface area (Å²) in [5.41, 5.74) is 3.49. The highest BCUT2D eigenvalue weighted by molar-refractivity contribution is 6.60. The van der Waals surface area contributed by atoms with Gasteiger partial charge in [0.15, 0.2) is 0 Å². The number of carbonyl (C=O) groups is 1. The lowest BCUT2D eigenvalue weighted by atomic mass is 9.79. The van der Waals surface area contributed by atoms with Gasteiger partial charge in [-0.25, -0.2) is 0 Å². The van der Waals surface area contributed by atoms with Crippen LogP contribution in [0.25, 0.3) is 0 Å². The first-order valence-electron chi connectivity index (χ1n) is 7.98. The summed E-state index contributed by atoms with van der Waals surface area (Å²) < 4.78 is -1.32. The van der Waals surface area contributed by atoms with Crippen LogP contribution in [0.5, 0.6) is 0 Å². The van der Waals surface area contributed by atoms with Crippen molar-refractivity contribution >= 4 is 29.1 Å². The van der Waals surface area contributed by atoms with Crippen LogP contribution in [-0.2, 0) is 11.3 Å². The Morgan fingerprint density at radius 1 is 1.35 bits per heavy atom. The minimum Gasteiger partial charge on any atom is -0.325 e. The van der Waals surface area contributed by atoms with E-state index < -0.39 is 4.33 Å². The predicted molar refractivity (Wildman–Crippen MR) is 95.5 cm³/mol. The van der Waals surface area contributed by atoms with E-state index in [9.17, 15) is 4.79 Å². The van der Waals surface area contributed by atoms with Crippen LogP contribution in [0.3, 0.4) is 0 Å². The molecule has 0 saturated carbocycles. The zero-order valence-electron chi connectivity index (χ0n) is 13.3. The van der Waals surface area contributed by atoms with Crippen LogP contribution in [0.2, 0.25) is 0 Å². The third kappa shape index (κ3) is 3.07. The Kier molecular flexibility index (Phi) is 4.57. The number of hydrogen-bond acceptors (Lipinski definition) is 1.